The van der Waals surface area contributed by atoms with Crippen LogP contribution in [0.4, 0.5) is 8.78 Å². The topological polar surface area (TPSA) is 35.5 Å². The minimum Gasteiger partial charge on any atom is -0.486 e. The lowest BCUT2D eigenvalue weighted by Gasteiger charge is -2.16. The average Bonchev–Trinajstić information content (AvgIpc) is 3.34. The van der Waals surface area contributed by atoms with E-state index in [1.165, 1.54) is 0 Å². The van der Waals surface area contributed by atoms with Crippen molar-refractivity contribution in [3.05, 3.63) is 63.1 Å². The summed E-state index contributed by atoms with van der Waals surface area (Å²) in [5.41, 5.74) is 2.14. The Morgan fingerprint density at radius 2 is 1.96 bits per heavy atom. The average molecular weight is 437 g/mol. The maximum atomic E-state index is 14.3. The molecule has 0 saturated heterocycles. The Morgan fingerprint density at radius 3 is 2.67 bits per heavy atom. The van der Waals surface area contributed by atoms with Crippen molar-refractivity contribution >= 4 is 21.9 Å². The monoisotopic (exact) mass is 436 g/mol. The van der Waals surface area contributed by atoms with Crippen LogP contribution in [0.1, 0.15) is 48.5 Å². The van der Waals surface area contributed by atoms with Crippen LogP contribution >= 0.6 is 15.9 Å². The molecule has 3 atom stereocenters. The van der Waals surface area contributed by atoms with E-state index in [1.807, 2.05) is 24.3 Å². The van der Waals surface area contributed by atoms with E-state index in [0.717, 1.165) is 18.1 Å². The van der Waals surface area contributed by atoms with Crippen molar-refractivity contribution in [2.75, 3.05) is 6.61 Å². The molecule has 2 aromatic carbocycles. The summed E-state index contributed by atoms with van der Waals surface area (Å²) in [6, 6.07) is 8.45. The van der Waals surface area contributed by atoms with Gasteiger partial charge >= 0.3 is 5.97 Å². The Hall–Kier alpha value is -1.95. The minimum atomic E-state index is -0.586. The Balaban J connectivity index is 1.46. The second-order valence-corrected chi connectivity index (χ2v) is 7.75. The fraction of sp³-hybridized carbons (Fsp3) is 0.381. The van der Waals surface area contributed by atoms with Gasteiger partial charge in [0.25, 0.3) is 0 Å². The van der Waals surface area contributed by atoms with Gasteiger partial charge < -0.3 is 9.47 Å². The molecule has 3 nitrogen and oxygen atoms in total. The summed E-state index contributed by atoms with van der Waals surface area (Å²) in [7, 11) is 0. The van der Waals surface area contributed by atoms with Crippen molar-refractivity contribution in [3.63, 3.8) is 0 Å². The second kappa shape index (κ2) is 7.23. The summed E-state index contributed by atoms with van der Waals surface area (Å²) >= 11 is 3.20. The number of benzene rings is 2. The molecule has 6 heteroatoms. The molecule has 27 heavy (non-hydrogen) atoms. The normalized spacial score (nSPS) is 23.0. The SMILES string of the molecule is CCOC(=O)[C@H]1C[C@@H]1c1ccc(O[C@@H]2CCc3c(Br)c(F)cc(F)c32)cc1. The molecule has 0 aliphatic heterocycles. The molecule has 0 N–H and O–H groups in total. The van der Waals surface area contributed by atoms with Gasteiger partial charge in [0.1, 0.15) is 23.5 Å². The van der Waals surface area contributed by atoms with Crippen molar-refractivity contribution in [2.45, 2.75) is 38.2 Å². The lowest BCUT2D eigenvalue weighted by molar-refractivity contribution is -0.144. The first kappa shape index (κ1) is 18.4. The maximum Gasteiger partial charge on any atom is 0.309 e. The quantitative estimate of drug-likeness (QED) is 0.461. The summed E-state index contributed by atoms with van der Waals surface area (Å²) in [4.78, 5) is 11.8. The lowest BCUT2D eigenvalue weighted by Crippen LogP contribution is -2.07. The minimum absolute atomic E-state index is 0.0558. The summed E-state index contributed by atoms with van der Waals surface area (Å²) in [6.45, 7) is 2.20. The predicted octanol–water partition coefficient (Wildman–Crippen LogP) is 5.46. The molecular weight excluding hydrogens is 418 g/mol. The first-order valence-corrected chi connectivity index (χ1v) is 9.88. The Kier molecular flexibility index (Phi) is 4.93. The van der Waals surface area contributed by atoms with Gasteiger partial charge in [-0.05, 0) is 71.3 Å². The van der Waals surface area contributed by atoms with E-state index in [0.29, 0.717) is 40.8 Å². The van der Waals surface area contributed by atoms with Crippen LogP contribution in [0.15, 0.2) is 34.8 Å². The smallest absolute Gasteiger partial charge is 0.309 e. The van der Waals surface area contributed by atoms with Crippen molar-refractivity contribution in [3.8, 4) is 5.75 Å². The van der Waals surface area contributed by atoms with Crippen molar-refractivity contribution in [2.24, 2.45) is 5.92 Å². The molecule has 0 bridgehead atoms. The first-order valence-electron chi connectivity index (χ1n) is 9.09. The van der Waals surface area contributed by atoms with E-state index in [1.54, 1.807) is 6.92 Å². The van der Waals surface area contributed by atoms with Crippen LogP contribution in [0.2, 0.25) is 0 Å². The third-order valence-corrected chi connectivity index (χ3v) is 6.11. The Bertz CT molecular complexity index is 882. The number of halogens is 3. The third kappa shape index (κ3) is 3.47. The standard InChI is InChI=1S/C21H19BrF2O3/c1-2-26-21(25)15-9-14(15)11-3-5-12(6-4-11)27-18-8-7-13-19(18)16(23)10-17(24)20(13)22/h3-6,10,14-15,18H,2,7-9H2,1H3/t14-,15+,18-/m1/s1. The summed E-state index contributed by atoms with van der Waals surface area (Å²) in [5, 5.41) is 0. The van der Waals surface area contributed by atoms with Crippen molar-refractivity contribution in [1.82, 2.24) is 0 Å². The zero-order valence-electron chi connectivity index (χ0n) is 14.8. The van der Waals surface area contributed by atoms with Gasteiger partial charge in [-0.25, -0.2) is 8.78 Å². The molecule has 0 aromatic heterocycles. The van der Waals surface area contributed by atoms with Gasteiger partial charge in [-0.2, -0.15) is 0 Å². The van der Waals surface area contributed by atoms with E-state index in [4.69, 9.17) is 9.47 Å². The number of ether oxygens (including phenoxy) is 2. The molecule has 2 aliphatic rings. The fourth-order valence-corrected chi connectivity index (χ4v) is 4.35. The van der Waals surface area contributed by atoms with Crippen molar-refractivity contribution in [1.29, 1.82) is 0 Å². The van der Waals surface area contributed by atoms with Gasteiger partial charge in [0.2, 0.25) is 0 Å². The molecule has 1 fully saturated rings. The van der Waals surface area contributed by atoms with Gasteiger partial charge in [-0.15, -0.1) is 0 Å². The van der Waals surface area contributed by atoms with E-state index < -0.39 is 17.7 Å². The number of carbonyl (C=O) groups is 1. The Labute approximate surface area is 164 Å². The zero-order valence-corrected chi connectivity index (χ0v) is 16.4. The van der Waals surface area contributed by atoms with Crippen LogP contribution in [0, 0.1) is 17.6 Å². The molecule has 2 aliphatic carbocycles. The van der Waals surface area contributed by atoms with Gasteiger partial charge in [0.05, 0.1) is 17.0 Å². The molecule has 0 amide bonds. The van der Waals surface area contributed by atoms with E-state index in [-0.39, 0.29) is 17.8 Å². The molecule has 0 spiro atoms. The highest BCUT2D eigenvalue weighted by molar-refractivity contribution is 9.10. The van der Waals surface area contributed by atoms with Gasteiger partial charge in [0.15, 0.2) is 0 Å². The zero-order chi connectivity index (χ0) is 19.1. The third-order valence-electron chi connectivity index (χ3n) is 5.26. The number of rotatable bonds is 5. The molecular formula is C21H19BrF2O3. The number of fused-ring (bicyclic) bond motifs is 1. The highest BCUT2D eigenvalue weighted by Crippen LogP contribution is 2.48. The highest BCUT2D eigenvalue weighted by Gasteiger charge is 2.45. The molecule has 2 aromatic rings. The van der Waals surface area contributed by atoms with E-state index in [9.17, 15) is 13.6 Å². The number of carbonyl (C=O) groups excluding carboxylic acids is 1. The molecule has 0 heterocycles. The van der Waals surface area contributed by atoms with Gasteiger partial charge in [0, 0.05) is 11.6 Å². The largest absolute Gasteiger partial charge is 0.486 e. The fourth-order valence-electron chi connectivity index (χ4n) is 3.82. The van der Waals surface area contributed by atoms with Crippen LogP contribution in [0.25, 0.3) is 0 Å². The molecule has 0 radical (unpaired) electrons. The predicted molar refractivity (Wildman–Crippen MR) is 99.7 cm³/mol. The number of esters is 1. The summed E-state index contributed by atoms with van der Waals surface area (Å²) < 4.78 is 39.3. The van der Waals surface area contributed by atoms with Crippen LogP contribution in [0.5, 0.6) is 5.75 Å². The molecule has 142 valence electrons. The van der Waals surface area contributed by atoms with E-state index >= 15 is 0 Å². The lowest BCUT2D eigenvalue weighted by atomic mass is 10.1. The Morgan fingerprint density at radius 1 is 1.22 bits per heavy atom. The number of hydrogen-bond acceptors (Lipinski definition) is 3. The van der Waals surface area contributed by atoms with Crippen LogP contribution in [0.3, 0.4) is 0 Å². The van der Waals surface area contributed by atoms with Crippen molar-refractivity contribution < 1.29 is 23.0 Å². The summed E-state index contributed by atoms with van der Waals surface area (Å²) in [5.74, 6) is -0.526. The van der Waals surface area contributed by atoms with Gasteiger partial charge in [-0.1, -0.05) is 12.1 Å². The van der Waals surface area contributed by atoms with Crippen LogP contribution in [-0.4, -0.2) is 12.6 Å². The number of hydrogen-bond donors (Lipinski definition) is 0. The molecule has 4 rings (SSSR count). The molecule has 0 unspecified atom stereocenters. The van der Waals surface area contributed by atoms with Crippen LogP contribution in [-0.2, 0) is 16.0 Å². The maximum absolute atomic E-state index is 14.3. The van der Waals surface area contributed by atoms with Gasteiger partial charge in [-0.3, -0.25) is 4.79 Å². The van der Waals surface area contributed by atoms with Crippen LogP contribution < -0.4 is 4.74 Å². The molecule has 1 saturated carbocycles. The summed E-state index contributed by atoms with van der Waals surface area (Å²) in [6.07, 6.45) is 1.54. The highest BCUT2D eigenvalue weighted by atomic mass is 79.9. The van der Waals surface area contributed by atoms with E-state index in [2.05, 4.69) is 15.9 Å². The second-order valence-electron chi connectivity index (χ2n) is 6.96. The first-order chi connectivity index (χ1) is 13.0.